The Balaban J connectivity index is 1.43. The Hall–Kier alpha value is -1.79. The largest absolute Gasteiger partial charge is 0.373 e. The van der Waals surface area contributed by atoms with Gasteiger partial charge in [0.05, 0.1) is 22.8 Å². The maximum absolute atomic E-state index is 12.5. The molecule has 1 N–H and O–H groups in total. The van der Waals surface area contributed by atoms with Crippen LogP contribution in [0.3, 0.4) is 0 Å². The molecular formula is C22H27Cl2N3O2. The van der Waals surface area contributed by atoms with E-state index in [-0.39, 0.29) is 12.1 Å². The molecule has 0 radical (unpaired) electrons. The van der Waals surface area contributed by atoms with Gasteiger partial charge in [0.1, 0.15) is 0 Å². The topological polar surface area (TPSA) is 44.8 Å². The molecule has 2 aromatic rings. The predicted octanol–water partition coefficient (Wildman–Crippen LogP) is 4.08. The molecular weight excluding hydrogens is 409 g/mol. The first-order valence-corrected chi connectivity index (χ1v) is 10.6. The van der Waals surface area contributed by atoms with Crippen LogP contribution in [0.2, 0.25) is 10.0 Å². The number of urea groups is 1. The fourth-order valence-corrected chi connectivity index (χ4v) is 3.77. The van der Waals surface area contributed by atoms with E-state index in [1.807, 2.05) is 48.3 Å². The molecule has 3 rings (SSSR count). The van der Waals surface area contributed by atoms with Crippen LogP contribution < -0.4 is 5.32 Å². The number of halogens is 2. The van der Waals surface area contributed by atoms with Crippen molar-refractivity contribution in [3.05, 3.63) is 69.7 Å². The van der Waals surface area contributed by atoms with E-state index in [9.17, 15) is 4.79 Å². The minimum atomic E-state index is -0.0265. The summed E-state index contributed by atoms with van der Waals surface area (Å²) in [5.74, 6) is 0. The SMILES string of the molecule is CN(Cc1ccc(Cl)c(Cl)c1)CC1CN(C(=O)NCCc2ccccc2)CCO1. The van der Waals surface area contributed by atoms with Gasteiger partial charge in [0.25, 0.3) is 0 Å². The monoisotopic (exact) mass is 435 g/mol. The van der Waals surface area contributed by atoms with Gasteiger partial charge in [-0.05, 0) is 36.7 Å². The highest BCUT2D eigenvalue weighted by Gasteiger charge is 2.25. The summed E-state index contributed by atoms with van der Waals surface area (Å²) in [5.41, 5.74) is 2.31. The zero-order valence-electron chi connectivity index (χ0n) is 16.6. The van der Waals surface area contributed by atoms with Gasteiger partial charge in [-0.2, -0.15) is 0 Å². The van der Waals surface area contributed by atoms with E-state index in [4.69, 9.17) is 27.9 Å². The van der Waals surface area contributed by atoms with E-state index in [1.165, 1.54) is 5.56 Å². The highest BCUT2D eigenvalue weighted by Crippen LogP contribution is 2.23. The van der Waals surface area contributed by atoms with Crippen molar-refractivity contribution in [1.29, 1.82) is 0 Å². The first kappa shape index (κ1) is 21.9. The number of nitrogens with one attached hydrogen (secondary N) is 1. The Labute approximate surface area is 182 Å². The predicted molar refractivity (Wildman–Crippen MR) is 118 cm³/mol. The maximum Gasteiger partial charge on any atom is 0.317 e. The summed E-state index contributed by atoms with van der Waals surface area (Å²) in [7, 11) is 2.03. The lowest BCUT2D eigenvalue weighted by Crippen LogP contribution is -2.52. The molecule has 7 heteroatoms. The van der Waals surface area contributed by atoms with Gasteiger partial charge in [-0.3, -0.25) is 4.90 Å². The highest BCUT2D eigenvalue weighted by atomic mass is 35.5. The van der Waals surface area contributed by atoms with E-state index < -0.39 is 0 Å². The Bertz CT molecular complexity index is 804. The number of nitrogens with zero attached hydrogens (tertiary/aromatic N) is 2. The van der Waals surface area contributed by atoms with Gasteiger partial charge in [0.15, 0.2) is 0 Å². The number of carbonyl (C=O) groups excluding carboxylic acids is 1. The van der Waals surface area contributed by atoms with Gasteiger partial charge in [-0.15, -0.1) is 0 Å². The molecule has 1 unspecified atom stereocenters. The molecule has 1 aliphatic heterocycles. The standard InChI is InChI=1S/C22H27Cl2N3O2/c1-26(14-18-7-8-20(23)21(24)13-18)15-19-16-27(11-12-29-19)22(28)25-10-9-17-5-3-2-4-6-17/h2-8,13,19H,9-12,14-16H2,1H3,(H,25,28). The average Bonchev–Trinajstić information content (AvgIpc) is 2.71. The van der Waals surface area contributed by atoms with Crippen molar-refractivity contribution in [2.45, 2.75) is 19.1 Å². The summed E-state index contributed by atoms with van der Waals surface area (Å²) in [4.78, 5) is 16.5. The van der Waals surface area contributed by atoms with Crippen molar-refractivity contribution in [1.82, 2.24) is 15.1 Å². The Morgan fingerprint density at radius 2 is 1.97 bits per heavy atom. The fourth-order valence-electron chi connectivity index (χ4n) is 3.45. The van der Waals surface area contributed by atoms with Gasteiger partial charge in [0.2, 0.25) is 0 Å². The number of amides is 2. The normalized spacial score (nSPS) is 16.8. The second kappa shape index (κ2) is 10.8. The van der Waals surface area contributed by atoms with Crippen LogP contribution in [0.1, 0.15) is 11.1 Å². The summed E-state index contributed by atoms with van der Waals surface area (Å²) in [5, 5.41) is 4.13. The minimum Gasteiger partial charge on any atom is -0.373 e. The molecule has 5 nitrogen and oxygen atoms in total. The van der Waals surface area contributed by atoms with Gasteiger partial charge in [-0.25, -0.2) is 4.79 Å². The van der Waals surface area contributed by atoms with Gasteiger partial charge < -0.3 is 15.0 Å². The molecule has 0 aliphatic carbocycles. The van der Waals surface area contributed by atoms with E-state index in [0.29, 0.717) is 36.3 Å². The van der Waals surface area contributed by atoms with Crippen LogP contribution in [-0.2, 0) is 17.7 Å². The lowest BCUT2D eigenvalue weighted by Gasteiger charge is -2.35. The van der Waals surface area contributed by atoms with Crippen LogP contribution in [-0.4, -0.2) is 61.8 Å². The molecule has 29 heavy (non-hydrogen) atoms. The lowest BCUT2D eigenvalue weighted by molar-refractivity contribution is -0.0282. The zero-order chi connectivity index (χ0) is 20.6. The van der Waals surface area contributed by atoms with Crippen LogP contribution in [0.4, 0.5) is 4.79 Å². The van der Waals surface area contributed by atoms with Crippen molar-refractivity contribution in [3.8, 4) is 0 Å². The fraction of sp³-hybridized carbons (Fsp3) is 0.409. The summed E-state index contributed by atoms with van der Waals surface area (Å²) in [6.45, 7) is 3.85. The summed E-state index contributed by atoms with van der Waals surface area (Å²) in [6.07, 6.45) is 0.809. The third kappa shape index (κ3) is 6.89. The third-order valence-electron chi connectivity index (χ3n) is 4.91. The number of ether oxygens (including phenoxy) is 1. The Morgan fingerprint density at radius 1 is 1.17 bits per heavy atom. The molecule has 0 aromatic heterocycles. The molecule has 1 fully saturated rings. The number of rotatable bonds is 7. The molecule has 1 atom stereocenters. The molecule has 0 spiro atoms. The van der Waals surface area contributed by atoms with Gasteiger partial charge >= 0.3 is 6.03 Å². The van der Waals surface area contributed by atoms with E-state index in [2.05, 4.69) is 22.3 Å². The number of likely N-dealkylation sites (N-methyl/N-ethyl adjacent to an activating group) is 1. The van der Waals surface area contributed by atoms with Gasteiger partial charge in [0, 0.05) is 32.7 Å². The molecule has 0 saturated carbocycles. The van der Waals surface area contributed by atoms with Crippen LogP contribution in [0.15, 0.2) is 48.5 Å². The molecule has 0 bridgehead atoms. The Morgan fingerprint density at radius 3 is 2.72 bits per heavy atom. The highest BCUT2D eigenvalue weighted by molar-refractivity contribution is 6.42. The second-order valence-electron chi connectivity index (χ2n) is 7.35. The molecule has 156 valence electrons. The van der Waals surface area contributed by atoms with E-state index >= 15 is 0 Å². The van der Waals surface area contributed by atoms with Crippen molar-refractivity contribution in [3.63, 3.8) is 0 Å². The first-order valence-electron chi connectivity index (χ1n) is 9.82. The van der Waals surface area contributed by atoms with Crippen molar-refractivity contribution in [2.24, 2.45) is 0 Å². The molecule has 1 aliphatic rings. The van der Waals surface area contributed by atoms with E-state index in [1.54, 1.807) is 0 Å². The molecule has 2 amide bonds. The molecule has 1 heterocycles. The number of hydrogen-bond acceptors (Lipinski definition) is 3. The first-order chi connectivity index (χ1) is 14.0. The second-order valence-corrected chi connectivity index (χ2v) is 8.17. The number of morpholine rings is 1. The van der Waals surface area contributed by atoms with Crippen molar-refractivity contribution >= 4 is 29.2 Å². The van der Waals surface area contributed by atoms with E-state index in [0.717, 1.165) is 25.1 Å². The zero-order valence-corrected chi connectivity index (χ0v) is 18.1. The minimum absolute atomic E-state index is 0.0172. The number of hydrogen-bond donors (Lipinski definition) is 1. The quantitative estimate of drug-likeness (QED) is 0.712. The number of carbonyl (C=O) groups is 1. The lowest BCUT2D eigenvalue weighted by atomic mass is 10.1. The molecule has 1 saturated heterocycles. The van der Waals surface area contributed by atoms with Crippen molar-refractivity contribution in [2.75, 3.05) is 39.8 Å². The molecule has 2 aromatic carbocycles. The van der Waals surface area contributed by atoms with Gasteiger partial charge in [-0.1, -0.05) is 59.6 Å². The average molecular weight is 436 g/mol. The van der Waals surface area contributed by atoms with Crippen LogP contribution in [0, 0.1) is 0 Å². The number of benzene rings is 2. The smallest absolute Gasteiger partial charge is 0.317 e. The van der Waals surface area contributed by atoms with Crippen LogP contribution in [0.5, 0.6) is 0 Å². The van der Waals surface area contributed by atoms with Crippen LogP contribution in [0.25, 0.3) is 0 Å². The Kier molecular flexibility index (Phi) is 8.19. The summed E-state index contributed by atoms with van der Waals surface area (Å²) < 4.78 is 5.87. The maximum atomic E-state index is 12.5. The van der Waals surface area contributed by atoms with Crippen molar-refractivity contribution < 1.29 is 9.53 Å². The van der Waals surface area contributed by atoms with Crippen LogP contribution >= 0.6 is 23.2 Å². The summed E-state index contributed by atoms with van der Waals surface area (Å²) >= 11 is 12.1. The summed E-state index contributed by atoms with van der Waals surface area (Å²) in [6, 6.07) is 15.8. The third-order valence-corrected chi connectivity index (χ3v) is 5.65.